The van der Waals surface area contributed by atoms with Gasteiger partial charge in [-0.05, 0) is 40.9 Å². The maximum atomic E-state index is 12.1. The van der Waals surface area contributed by atoms with Crippen molar-refractivity contribution in [3.05, 3.63) is 20.8 Å². The van der Waals surface area contributed by atoms with Crippen molar-refractivity contribution in [3.63, 3.8) is 0 Å². The van der Waals surface area contributed by atoms with Crippen LogP contribution < -0.4 is 0 Å². The van der Waals surface area contributed by atoms with Gasteiger partial charge < -0.3 is 4.74 Å². The molecule has 0 saturated heterocycles. The average molecular weight is 303 g/mol. The maximum absolute atomic E-state index is 12.1. The van der Waals surface area contributed by atoms with E-state index >= 15 is 0 Å². The van der Waals surface area contributed by atoms with Gasteiger partial charge in [-0.3, -0.25) is 9.59 Å². The maximum Gasteiger partial charge on any atom is 0.309 e. The third-order valence-electron chi connectivity index (χ3n) is 2.93. The number of ketones is 1. The second-order valence-electron chi connectivity index (χ2n) is 3.78. The van der Waals surface area contributed by atoms with Crippen LogP contribution in [0.25, 0.3) is 0 Å². The molecule has 0 bridgehead atoms. The molecule has 0 spiro atoms. The van der Waals surface area contributed by atoms with Crippen LogP contribution in [0.5, 0.6) is 0 Å². The molecule has 0 aromatic carbocycles. The van der Waals surface area contributed by atoms with E-state index in [9.17, 15) is 9.59 Å². The first-order chi connectivity index (χ1) is 7.63. The molecule has 3 nitrogen and oxygen atoms in total. The van der Waals surface area contributed by atoms with Crippen molar-refractivity contribution in [3.8, 4) is 0 Å². The lowest BCUT2D eigenvalue weighted by Crippen LogP contribution is -2.38. The van der Waals surface area contributed by atoms with Crippen LogP contribution in [-0.2, 0) is 9.53 Å². The van der Waals surface area contributed by atoms with Gasteiger partial charge in [0.15, 0.2) is 5.78 Å². The minimum atomic E-state index is -0.264. The molecule has 1 aromatic heterocycles. The highest BCUT2D eigenvalue weighted by molar-refractivity contribution is 9.11. The van der Waals surface area contributed by atoms with Gasteiger partial charge in [-0.25, -0.2) is 0 Å². The fraction of sp³-hybridized carbons (Fsp3) is 0.455. The van der Waals surface area contributed by atoms with E-state index in [2.05, 4.69) is 20.7 Å². The largest absolute Gasteiger partial charge is 0.469 e. The SMILES string of the molecule is COC(=O)C1CCC1C(=O)c1ccc(Br)s1. The third kappa shape index (κ3) is 2.06. The van der Waals surface area contributed by atoms with Crippen molar-refractivity contribution in [2.45, 2.75) is 12.8 Å². The van der Waals surface area contributed by atoms with Gasteiger partial charge in [0.2, 0.25) is 0 Å². The number of hydrogen-bond donors (Lipinski definition) is 0. The van der Waals surface area contributed by atoms with Gasteiger partial charge in [-0.1, -0.05) is 0 Å². The summed E-state index contributed by atoms with van der Waals surface area (Å²) in [5.74, 6) is -0.617. The molecule has 5 heteroatoms. The summed E-state index contributed by atoms with van der Waals surface area (Å²) >= 11 is 4.73. The van der Waals surface area contributed by atoms with E-state index in [0.29, 0.717) is 4.88 Å². The molecule has 1 saturated carbocycles. The molecular formula is C11H11BrO3S. The smallest absolute Gasteiger partial charge is 0.309 e. The van der Waals surface area contributed by atoms with Crippen LogP contribution in [0.2, 0.25) is 0 Å². The van der Waals surface area contributed by atoms with Crippen molar-refractivity contribution < 1.29 is 14.3 Å². The molecule has 0 N–H and O–H groups in total. The average Bonchev–Trinajstić information content (AvgIpc) is 2.63. The quantitative estimate of drug-likeness (QED) is 0.637. The Hall–Kier alpha value is -0.680. The molecule has 0 radical (unpaired) electrons. The number of thiophene rings is 1. The van der Waals surface area contributed by atoms with Crippen LogP contribution in [0.3, 0.4) is 0 Å². The molecule has 1 aliphatic rings. The Morgan fingerprint density at radius 3 is 2.50 bits per heavy atom. The number of esters is 1. The Bertz CT molecular complexity index is 427. The second kappa shape index (κ2) is 4.67. The highest BCUT2D eigenvalue weighted by Gasteiger charge is 2.42. The zero-order valence-corrected chi connectivity index (χ0v) is 11.1. The second-order valence-corrected chi connectivity index (χ2v) is 6.24. The third-order valence-corrected chi connectivity index (χ3v) is 4.57. The van der Waals surface area contributed by atoms with Gasteiger partial charge in [0.05, 0.1) is 21.7 Å². The minimum absolute atomic E-state index is 0.0670. The topological polar surface area (TPSA) is 43.4 Å². The molecule has 16 heavy (non-hydrogen) atoms. The fourth-order valence-electron chi connectivity index (χ4n) is 1.88. The van der Waals surface area contributed by atoms with E-state index in [0.717, 1.165) is 16.6 Å². The van der Waals surface area contributed by atoms with Crippen molar-refractivity contribution in [1.29, 1.82) is 0 Å². The van der Waals surface area contributed by atoms with E-state index in [1.54, 1.807) is 6.07 Å². The van der Waals surface area contributed by atoms with Crippen LogP contribution in [0.1, 0.15) is 22.5 Å². The van der Waals surface area contributed by atoms with Crippen LogP contribution in [0, 0.1) is 11.8 Å². The number of ether oxygens (including phenoxy) is 1. The first kappa shape index (κ1) is 11.8. The molecule has 1 heterocycles. The standard InChI is InChI=1S/C11H11BrO3S/c1-15-11(14)7-3-2-6(7)10(13)8-4-5-9(12)16-8/h4-7H,2-3H2,1H3. The predicted molar refractivity (Wildman–Crippen MR) is 64.6 cm³/mol. The number of Topliss-reactive ketones (excluding diaryl/α,β-unsaturated/α-hetero) is 1. The Balaban J connectivity index is 2.09. The summed E-state index contributed by atoms with van der Waals surface area (Å²) in [5.41, 5.74) is 0. The van der Waals surface area contributed by atoms with E-state index in [4.69, 9.17) is 0 Å². The summed E-state index contributed by atoms with van der Waals surface area (Å²) in [7, 11) is 1.36. The fourth-order valence-corrected chi connectivity index (χ4v) is 3.27. The van der Waals surface area contributed by atoms with E-state index < -0.39 is 0 Å². The van der Waals surface area contributed by atoms with Crippen LogP contribution in [0.15, 0.2) is 15.9 Å². The predicted octanol–water partition coefficient (Wildman–Crippen LogP) is 2.89. The Morgan fingerprint density at radius 1 is 1.38 bits per heavy atom. The van der Waals surface area contributed by atoms with Crippen LogP contribution >= 0.6 is 27.3 Å². The summed E-state index contributed by atoms with van der Waals surface area (Å²) in [6, 6.07) is 3.65. The van der Waals surface area contributed by atoms with E-state index in [1.165, 1.54) is 18.4 Å². The Labute approximate surface area is 106 Å². The lowest BCUT2D eigenvalue weighted by molar-refractivity contribution is -0.150. The molecule has 1 fully saturated rings. The number of hydrogen-bond acceptors (Lipinski definition) is 4. The van der Waals surface area contributed by atoms with Gasteiger partial charge in [0, 0.05) is 5.92 Å². The van der Waals surface area contributed by atoms with Crippen molar-refractivity contribution in [1.82, 2.24) is 0 Å². The molecule has 86 valence electrons. The molecule has 0 amide bonds. The lowest BCUT2D eigenvalue weighted by Gasteiger charge is -2.32. The minimum Gasteiger partial charge on any atom is -0.469 e. The number of carbonyl (C=O) groups excluding carboxylic acids is 2. The number of carbonyl (C=O) groups is 2. The van der Waals surface area contributed by atoms with Gasteiger partial charge in [0.25, 0.3) is 0 Å². The molecule has 2 atom stereocenters. The van der Waals surface area contributed by atoms with Crippen molar-refractivity contribution in [2.24, 2.45) is 11.8 Å². The monoisotopic (exact) mass is 302 g/mol. The van der Waals surface area contributed by atoms with Gasteiger partial charge in [0.1, 0.15) is 0 Å². The van der Waals surface area contributed by atoms with Crippen LogP contribution in [0.4, 0.5) is 0 Å². The highest BCUT2D eigenvalue weighted by Crippen LogP contribution is 2.39. The summed E-state index contributed by atoms with van der Waals surface area (Å²) in [4.78, 5) is 24.1. The lowest BCUT2D eigenvalue weighted by atomic mass is 9.71. The molecular weight excluding hydrogens is 292 g/mol. The van der Waals surface area contributed by atoms with E-state index in [1.807, 2.05) is 6.07 Å². The van der Waals surface area contributed by atoms with Crippen molar-refractivity contribution in [2.75, 3.05) is 7.11 Å². The summed E-state index contributed by atoms with van der Waals surface area (Å²) in [6.45, 7) is 0. The molecule has 1 aliphatic carbocycles. The highest BCUT2D eigenvalue weighted by atomic mass is 79.9. The molecule has 2 rings (SSSR count). The first-order valence-corrected chi connectivity index (χ1v) is 6.62. The molecule has 2 unspecified atom stereocenters. The van der Waals surface area contributed by atoms with Gasteiger partial charge in [-0.2, -0.15) is 0 Å². The number of halogens is 1. The van der Waals surface area contributed by atoms with Gasteiger partial charge >= 0.3 is 5.97 Å². The van der Waals surface area contributed by atoms with E-state index in [-0.39, 0.29) is 23.6 Å². The first-order valence-electron chi connectivity index (χ1n) is 5.01. The Morgan fingerprint density at radius 2 is 2.06 bits per heavy atom. The summed E-state index contributed by atoms with van der Waals surface area (Å²) in [5, 5.41) is 0. The van der Waals surface area contributed by atoms with Crippen molar-refractivity contribution >= 4 is 39.0 Å². The van der Waals surface area contributed by atoms with Gasteiger partial charge in [-0.15, -0.1) is 11.3 Å². The normalized spacial score (nSPS) is 23.6. The number of methoxy groups -OCH3 is 1. The molecule has 0 aliphatic heterocycles. The molecule has 1 aromatic rings. The number of rotatable bonds is 3. The Kier molecular flexibility index (Phi) is 3.44. The van der Waals surface area contributed by atoms with Crippen LogP contribution in [-0.4, -0.2) is 18.9 Å². The summed E-state index contributed by atoms with van der Waals surface area (Å²) < 4.78 is 5.61. The zero-order chi connectivity index (χ0) is 11.7. The zero-order valence-electron chi connectivity index (χ0n) is 8.73. The summed E-state index contributed by atoms with van der Waals surface area (Å²) in [6.07, 6.45) is 1.55.